The van der Waals surface area contributed by atoms with Gasteiger partial charge >= 0.3 is 0 Å². The molecule has 1 saturated heterocycles. The summed E-state index contributed by atoms with van der Waals surface area (Å²) in [6, 6.07) is 1.90. The zero-order chi connectivity index (χ0) is 11.4. The minimum absolute atomic E-state index is 0.358. The van der Waals surface area contributed by atoms with E-state index in [0.717, 1.165) is 31.1 Å². The molecule has 88 valence electrons. The van der Waals surface area contributed by atoms with Gasteiger partial charge in [-0.05, 0) is 0 Å². The first-order chi connectivity index (χ1) is 7.78. The molecule has 0 amide bonds. The summed E-state index contributed by atoms with van der Waals surface area (Å²) in [7, 11) is 1.62. The number of likely N-dealkylation sites (tertiary alicyclic amines) is 1. The van der Waals surface area contributed by atoms with Gasteiger partial charge in [-0.3, -0.25) is 9.69 Å². The van der Waals surface area contributed by atoms with Gasteiger partial charge in [0, 0.05) is 45.7 Å². The molecule has 5 heteroatoms. The van der Waals surface area contributed by atoms with Crippen molar-refractivity contribution in [2.75, 3.05) is 20.2 Å². The van der Waals surface area contributed by atoms with Crippen LogP contribution in [-0.2, 0) is 22.7 Å². The number of hydrogen-bond acceptors (Lipinski definition) is 5. The van der Waals surface area contributed by atoms with Crippen molar-refractivity contribution in [3.63, 3.8) is 0 Å². The second-order valence-electron chi connectivity index (χ2n) is 4.03. The van der Waals surface area contributed by atoms with Gasteiger partial charge in [-0.15, -0.1) is 0 Å². The van der Waals surface area contributed by atoms with Gasteiger partial charge < -0.3 is 9.26 Å². The van der Waals surface area contributed by atoms with Crippen molar-refractivity contribution in [1.29, 1.82) is 0 Å². The average molecular weight is 224 g/mol. The summed E-state index contributed by atoms with van der Waals surface area (Å²) >= 11 is 0. The minimum atomic E-state index is 0.358. The maximum absolute atomic E-state index is 11.1. The van der Waals surface area contributed by atoms with Crippen LogP contribution in [0.4, 0.5) is 0 Å². The molecule has 16 heavy (non-hydrogen) atoms. The lowest BCUT2D eigenvalue weighted by atomic mass is 10.1. The van der Waals surface area contributed by atoms with E-state index in [4.69, 9.17) is 9.26 Å². The SMILES string of the molecule is COCc1cc(CN2CCC(=O)CC2)no1. The summed E-state index contributed by atoms with van der Waals surface area (Å²) in [5.41, 5.74) is 0.904. The van der Waals surface area contributed by atoms with Gasteiger partial charge in [0.15, 0.2) is 5.76 Å². The van der Waals surface area contributed by atoms with Crippen molar-refractivity contribution in [3.05, 3.63) is 17.5 Å². The van der Waals surface area contributed by atoms with Crippen LogP contribution in [0.3, 0.4) is 0 Å². The summed E-state index contributed by atoms with van der Waals surface area (Å²) in [4.78, 5) is 13.3. The third-order valence-corrected chi connectivity index (χ3v) is 2.69. The van der Waals surface area contributed by atoms with Crippen LogP contribution in [0.2, 0.25) is 0 Å². The summed E-state index contributed by atoms with van der Waals surface area (Å²) in [6.07, 6.45) is 1.31. The van der Waals surface area contributed by atoms with Gasteiger partial charge in [-0.25, -0.2) is 0 Å². The maximum Gasteiger partial charge on any atom is 0.162 e. The minimum Gasteiger partial charge on any atom is -0.377 e. The highest BCUT2D eigenvalue weighted by Gasteiger charge is 2.17. The Bertz CT molecular complexity index is 352. The Hall–Kier alpha value is -1.20. The zero-order valence-electron chi connectivity index (χ0n) is 9.44. The third kappa shape index (κ3) is 2.90. The Morgan fingerprint density at radius 3 is 2.94 bits per heavy atom. The number of Topliss-reactive ketones (excluding diaryl/α,β-unsaturated/α-hetero) is 1. The summed E-state index contributed by atoms with van der Waals surface area (Å²) in [6.45, 7) is 2.85. The maximum atomic E-state index is 11.1. The molecule has 0 radical (unpaired) electrons. The molecular weight excluding hydrogens is 208 g/mol. The normalized spacial score (nSPS) is 17.9. The molecule has 1 aromatic heterocycles. The predicted octanol–water partition coefficient (Wildman–Crippen LogP) is 0.986. The molecule has 1 aliphatic heterocycles. The van der Waals surface area contributed by atoms with Crippen LogP contribution in [0.25, 0.3) is 0 Å². The molecule has 0 atom stereocenters. The van der Waals surface area contributed by atoms with E-state index in [-0.39, 0.29) is 0 Å². The van der Waals surface area contributed by atoms with Gasteiger partial charge in [0.05, 0.1) is 5.69 Å². The number of aromatic nitrogens is 1. The standard InChI is InChI=1S/C11H16N2O3/c1-15-8-11-6-9(12-16-11)7-13-4-2-10(14)3-5-13/h6H,2-5,7-8H2,1H3. The number of rotatable bonds is 4. The Morgan fingerprint density at radius 2 is 2.25 bits per heavy atom. The smallest absolute Gasteiger partial charge is 0.162 e. The third-order valence-electron chi connectivity index (χ3n) is 2.69. The van der Waals surface area contributed by atoms with Gasteiger partial charge in [-0.1, -0.05) is 5.16 Å². The lowest BCUT2D eigenvalue weighted by molar-refractivity contribution is -0.121. The lowest BCUT2D eigenvalue weighted by Crippen LogP contribution is -2.33. The first-order valence-electron chi connectivity index (χ1n) is 5.45. The second-order valence-corrected chi connectivity index (χ2v) is 4.03. The topological polar surface area (TPSA) is 55.6 Å². The van der Waals surface area contributed by atoms with Crippen LogP contribution >= 0.6 is 0 Å². The molecule has 0 aromatic carbocycles. The van der Waals surface area contributed by atoms with E-state index in [1.165, 1.54) is 0 Å². The fraction of sp³-hybridized carbons (Fsp3) is 0.636. The molecule has 5 nitrogen and oxygen atoms in total. The van der Waals surface area contributed by atoms with Crippen LogP contribution in [0.5, 0.6) is 0 Å². The van der Waals surface area contributed by atoms with Crippen molar-refractivity contribution in [1.82, 2.24) is 10.1 Å². The molecule has 0 N–H and O–H groups in total. The van der Waals surface area contributed by atoms with Crippen LogP contribution in [0, 0.1) is 0 Å². The number of piperidine rings is 1. The average Bonchev–Trinajstić information content (AvgIpc) is 2.70. The Kier molecular flexibility index (Phi) is 3.69. The lowest BCUT2D eigenvalue weighted by Gasteiger charge is -2.24. The molecule has 1 aromatic rings. The quantitative estimate of drug-likeness (QED) is 0.763. The van der Waals surface area contributed by atoms with Crippen LogP contribution in [-0.4, -0.2) is 36.0 Å². The summed E-state index contributed by atoms with van der Waals surface area (Å²) < 4.78 is 10.1. The van der Waals surface area contributed by atoms with Crippen molar-refractivity contribution >= 4 is 5.78 Å². The highest BCUT2D eigenvalue weighted by Crippen LogP contribution is 2.11. The zero-order valence-corrected chi connectivity index (χ0v) is 9.44. The van der Waals surface area contributed by atoms with Crippen LogP contribution < -0.4 is 0 Å². The second kappa shape index (κ2) is 5.23. The highest BCUT2D eigenvalue weighted by molar-refractivity contribution is 5.79. The fourth-order valence-electron chi connectivity index (χ4n) is 1.83. The molecule has 1 aliphatic rings. The highest BCUT2D eigenvalue weighted by atomic mass is 16.5. The van der Waals surface area contributed by atoms with E-state index in [2.05, 4.69) is 10.1 Å². The number of carbonyl (C=O) groups is 1. The van der Waals surface area contributed by atoms with Gasteiger partial charge in [0.1, 0.15) is 12.4 Å². The van der Waals surface area contributed by atoms with Crippen molar-refractivity contribution < 1.29 is 14.1 Å². The molecule has 2 heterocycles. The molecule has 0 saturated carbocycles. The van der Waals surface area contributed by atoms with Crippen LogP contribution in [0.15, 0.2) is 10.6 Å². The predicted molar refractivity (Wildman–Crippen MR) is 56.7 cm³/mol. The Morgan fingerprint density at radius 1 is 1.50 bits per heavy atom. The summed E-state index contributed by atoms with van der Waals surface area (Å²) in [5, 5.41) is 3.97. The number of carbonyl (C=O) groups excluding carboxylic acids is 1. The molecule has 1 fully saturated rings. The molecule has 0 unspecified atom stereocenters. The largest absolute Gasteiger partial charge is 0.377 e. The Labute approximate surface area is 94.3 Å². The van der Waals surface area contributed by atoms with Gasteiger partial charge in [-0.2, -0.15) is 0 Å². The number of methoxy groups -OCH3 is 1. The van der Waals surface area contributed by atoms with E-state index < -0.39 is 0 Å². The number of nitrogens with zero attached hydrogens (tertiary/aromatic N) is 2. The van der Waals surface area contributed by atoms with E-state index in [0.29, 0.717) is 25.2 Å². The number of ether oxygens (including phenoxy) is 1. The van der Waals surface area contributed by atoms with E-state index in [9.17, 15) is 4.79 Å². The molecular formula is C11H16N2O3. The first kappa shape index (κ1) is 11.3. The fourth-order valence-corrected chi connectivity index (χ4v) is 1.83. The van der Waals surface area contributed by atoms with Gasteiger partial charge in [0.2, 0.25) is 0 Å². The number of ketones is 1. The van der Waals surface area contributed by atoms with E-state index in [1.807, 2.05) is 6.07 Å². The van der Waals surface area contributed by atoms with Crippen molar-refractivity contribution in [2.24, 2.45) is 0 Å². The molecule has 0 spiro atoms. The number of hydrogen-bond donors (Lipinski definition) is 0. The molecule has 0 aliphatic carbocycles. The van der Waals surface area contributed by atoms with Crippen molar-refractivity contribution in [2.45, 2.75) is 26.0 Å². The molecule has 0 bridgehead atoms. The van der Waals surface area contributed by atoms with Crippen LogP contribution in [0.1, 0.15) is 24.3 Å². The van der Waals surface area contributed by atoms with E-state index >= 15 is 0 Å². The van der Waals surface area contributed by atoms with Crippen molar-refractivity contribution in [3.8, 4) is 0 Å². The monoisotopic (exact) mass is 224 g/mol. The molecule has 2 rings (SSSR count). The Balaban J connectivity index is 1.86. The van der Waals surface area contributed by atoms with E-state index in [1.54, 1.807) is 7.11 Å². The van der Waals surface area contributed by atoms with Gasteiger partial charge in [0.25, 0.3) is 0 Å². The first-order valence-corrected chi connectivity index (χ1v) is 5.45. The summed E-state index contributed by atoms with van der Waals surface area (Å²) in [5.74, 6) is 1.10.